The Morgan fingerprint density at radius 3 is 2.45 bits per heavy atom. The van der Waals surface area contributed by atoms with E-state index in [0.29, 0.717) is 17.4 Å². The monoisotopic (exact) mass is 283 g/mol. The zero-order valence-corrected chi connectivity index (χ0v) is 10.8. The highest BCUT2D eigenvalue weighted by Gasteiger charge is 2.31. The molecule has 0 aliphatic heterocycles. The number of aromatic nitrogens is 1. The van der Waals surface area contributed by atoms with Gasteiger partial charge in [-0.05, 0) is 25.1 Å². The Labute approximate surface area is 113 Å². The first-order chi connectivity index (χ1) is 9.31. The average molecular weight is 283 g/mol. The molecule has 106 valence electrons. The summed E-state index contributed by atoms with van der Waals surface area (Å²) in [6.45, 7) is 1.80. The molecule has 0 radical (unpaired) electrons. The maximum Gasteiger partial charge on any atom is 0.416 e. The van der Waals surface area contributed by atoms with Crippen molar-refractivity contribution in [2.24, 2.45) is 0 Å². The van der Waals surface area contributed by atoms with Gasteiger partial charge in [0.1, 0.15) is 5.75 Å². The largest absolute Gasteiger partial charge is 0.496 e. The van der Waals surface area contributed by atoms with E-state index in [1.54, 1.807) is 25.1 Å². The number of halogens is 3. The molecule has 0 saturated heterocycles. The third kappa shape index (κ3) is 2.84. The summed E-state index contributed by atoms with van der Waals surface area (Å²) in [4.78, 5) is 13.8. The molecular formula is C14H12F3NO2. The number of methoxy groups -OCH3 is 1. The molecule has 0 aliphatic rings. The van der Waals surface area contributed by atoms with Crippen molar-refractivity contribution in [1.82, 2.24) is 4.98 Å². The van der Waals surface area contributed by atoms with E-state index < -0.39 is 17.3 Å². The normalized spacial score (nSPS) is 11.4. The molecule has 0 amide bonds. The van der Waals surface area contributed by atoms with Gasteiger partial charge in [-0.2, -0.15) is 13.2 Å². The fraction of sp³-hybridized carbons (Fsp3) is 0.214. The minimum Gasteiger partial charge on any atom is -0.496 e. The highest BCUT2D eigenvalue weighted by Crippen LogP contribution is 2.33. The van der Waals surface area contributed by atoms with Gasteiger partial charge in [0.2, 0.25) is 5.56 Å². The smallest absolute Gasteiger partial charge is 0.416 e. The number of rotatable bonds is 2. The van der Waals surface area contributed by atoms with E-state index in [2.05, 4.69) is 4.98 Å². The molecule has 6 heteroatoms. The first-order valence-corrected chi connectivity index (χ1v) is 5.78. The summed E-state index contributed by atoms with van der Waals surface area (Å²) < 4.78 is 43.3. The molecule has 0 atom stereocenters. The van der Waals surface area contributed by atoms with Gasteiger partial charge in [-0.15, -0.1) is 0 Å². The molecule has 0 unspecified atom stereocenters. The molecule has 1 heterocycles. The summed E-state index contributed by atoms with van der Waals surface area (Å²) >= 11 is 0. The second-order valence-electron chi connectivity index (χ2n) is 4.35. The summed E-state index contributed by atoms with van der Waals surface area (Å²) in [5.74, 6) is 0.394. The standard InChI is InChI=1S/C14H12F3NO2/c1-8-3-4-12(20-2)10(5-8)11-6-9(14(15,16)17)7-13(19)18-11/h3-7H,1-2H3,(H,18,19). The zero-order valence-electron chi connectivity index (χ0n) is 10.8. The first-order valence-electron chi connectivity index (χ1n) is 5.78. The lowest BCUT2D eigenvalue weighted by Gasteiger charge is -2.12. The quantitative estimate of drug-likeness (QED) is 0.918. The molecule has 1 aromatic heterocycles. The van der Waals surface area contributed by atoms with E-state index in [4.69, 9.17) is 4.74 Å². The Morgan fingerprint density at radius 1 is 1.15 bits per heavy atom. The lowest BCUT2D eigenvalue weighted by atomic mass is 10.1. The molecule has 0 aliphatic carbocycles. The number of aryl methyl sites for hydroxylation is 1. The number of aromatic amines is 1. The van der Waals surface area contributed by atoms with Crippen LogP contribution in [-0.4, -0.2) is 12.1 Å². The minimum atomic E-state index is -4.57. The Bertz CT molecular complexity index is 690. The molecule has 0 bridgehead atoms. The highest BCUT2D eigenvalue weighted by molar-refractivity contribution is 5.68. The third-order valence-corrected chi connectivity index (χ3v) is 2.82. The lowest BCUT2D eigenvalue weighted by Crippen LogP contribution is -2.14. The van der Waals surface area contributed by atoms with Crippen molar-refractivity contribution >= 4 is 0 Å². The van der Waals surface area contributed by atoms with Gasteiger partial charge in [0, 0.05) is 11.6 Å². The van der Waals surface area contributed by atoms with Crippen molar-refractivity contribution in [2.45, 2.75) is 13.1 Å². The van der Waals surface area contributed by atoms with E-state index in [-0.39, 0.29) is 5.69 Å². The van der Waals surface area contributed by atoms with Gasteiger partial charge in [-0.3, -0.25) is 4.79 Å². The minimum absolute atomic E-state index is 0.0744. The van der Waals surface area contributed by atoms with Crippen molar-refractivity contribution in [3.8, 4) is 17.0 Å². The van der Waals surface area contributed by atoms with Gasteiger partial charge in [-0.1, -0.05) is 11.6 Å². The molecule has 1 aromatic carbocycles. The summed E-state index contributed by atoms with van der Waals surface area (Å²) in [5.41, 5.74) is -0.460. The van der Waals surface area contributed by atoms with Crippen LogP contribution in [-0.2, 0) is 6.18 Å². The number of benzene rings is 1. The van der Waals surface area contributed by atoms with Crippen LogP contribution in [0.15, 0.2) is 35.1 Å². The van der Waals surface area contributed by atoms with E-state index in [1.807, 2.05) is 0 Å². The fourth-order valence-corrected chi connectivity index (χ4v) is 1.88. The Hall–Kier alpha value is -2.24. The molecule has 0 saturated carbocycles. The molecule has 20 heavy (non-hydrogen) atoms. The summed E-state index contributed by atoms with van der Waals surface area (Å²) in [6.07, 6.45) is -4.57. The van der Waals surface area contributed by atoms with E-state index in [0.717, 1.165) is 11.6 Å². The van der Waals surface area contributed by atoms with Crippen LogP contribution in [0.5, 0.6) is 5.75 Å². The topological polar surface area (TPSA) is 42.1 Å². The fourth-order valence-electron chi connectivity index (χ4n) is 1.88. The molecule has 1 N–H and O–H groups in total. The average Bonchev–Trinajstić information content (AvgIpc) is 2.37. The summed E-state index contributed by atoms with van der Waals surface area (Å²) in [5, 5.41) is 0. The van der Waals surface area contributed by atoms with Crippen LogP contribution in [0.3, 0.4) is 0 Å². The van der Waals surface area contributed by atoms with E-state index in [1.165, 1.54) is 7.11 Å². The first kappa shape index (κ1) is 14.2. The molecule has 0 spiro atoms. The summed E-state index contributed by atoms with van der Waals surface area (Å²) in [6, 6.07) is 6.51. The maximum atomic E-state index is 12.7. The van der Waals surface area contributed by atoms with Gasteiger partial charge in [0.05, 0.1) is 18.4 Å². The number of pyridine rings is 1. The third-order valence-electron chi connectivity index (χ3n) is 2.82. The lowest BCUT2D eigenvalue weighted by molar-refractivity contribution is -0.137. The van der Waals surface area contributed by atoms with Crippen LogP contribution in [0, 0.1) is 6.92 Å². The number of hydrogen-bond acceptors (Lipinski definition) is 2. The maximum absolute atomic E-state index is 12.7. The zero-order chi connectivity index (χ0) is 14.9. The number of ether oxygens (including phenoxy) is 1. The van der Waals surface area contributed by atoms with Crippen LogP contribution in [0.4, 0.5) is 13.2 Å². The molecule has 2 rings (SSSR count). The van der Waals surface area contributed by atoms with Gasteiger partial charge >= 0.3 is 6.18 Å². The van der Waals surface area contributed by atoms with E-state index >= 15 is 0 Å². The van der Waals surface area contributed by atoms with Gasteiger partial charge < -0.3 is 9.72 Å². The molecule has 3 nitrogen and oxygen atoms in total. The van der Waals surface area contributed by atoms with Gasteiger partial charge in [0.25, 0.3) is 0 Å². The predicted molar refractivity (Wildman–Crippen MR) is 68.8 cm³/mol. The molecular weight excluding hydrogens is 271 g/mol. The van der Waals surface area contributed by atoms with Crippen LogP contribution in [0.1, 0.15) is 11.1 Å². The highest BCUT2D eigenvalue weighted by atomic mass is 19.4. The van der Waals surface area contributed by atoms with Crippen molar-refractivity contribution in [3.63, 3.8) is 0 Å². The van der Waals surface area contributed by atoms with E-state index in [9.17, 15) is 18.0 Å². The predicted octanol–water partition coefficient (Wildman–Crippen LogP) is 3.38. The summed E-state index contributed by atoms with van der Waals surface area (Å²) in [7, 11) is 1.42. The Morgan fingerprint density at radius 2 is 1.85 bits per heavy atom. The Kier molecular flexibility index (Phi) is 3.57. The van der Waals surface area contributed by atoms with Crippen molar-refractivity contribution in [3.05, 3.63) is 51.8 Å². The number of alkyl halides is 3. The van der Waals surface area contributed by atoms with Gasteiger partial charge in [0.15, 0.2) is 0 Å². The molecule has 2 aromatic rings. The molecule has 0 fully saturated rings. The van der Waals surface area contributed by atoms with Crippen molar-refractivity contribution in [1.29, 1.82) is 0 Å². The second kappa shape index (κ2) is 5.03. The number of H-pyrrole nitrogens is 1. The van der Waals surface area contributed by atoms with Gasteiger partial charge in [-0.25, -0.2) is 0 Å². The Balaban J connectivity index is 2.67. The van der Waals surface area contributed by atoms with Crippen molar-refractivity contribution in [2.75, 3.05) is 7.11 Å². The van der Waals surface area contributed by atoms with Crippen LogP contribution < -0.4 is 10.3 Å². The number of hydrogen-bond donors (Lipinski definition) is 1. The van der Waals surface area contributed by atoms with Crippen LogP contribution in [0.2, 0.25) is 0 Å². The van der Waals surface area contributed by atoms with Crippen molar-refractivity contribution < 1.29 is 17.9 Å². The number of nitrogens with one attached hydrogen (secondary N) is 1. The van der Waals surface area contributed by atoms with Crippen LogP contribution >= 0.6 is 0 Å². The van der Waals surface area contributed by atoms with Crippen LogP contribution in [0.25, 0.3) is 11.3 Å². The SMILES string of the molecule is COc1ccc(C)cc1-c1cc(C(F)(F)F)cc(=O)[nH]1. The second-order valence-corrected chi connectivity index (χ2v) is 4.35.